The van der Waals surface area contributed by atoms with Crippen LogP contribution >= 0.6 is 0 Å². The van der Waals surface area contributed by atoms with Gasteiger partial charge in [-0.3, -0.25) is 9.52 Å². The lowest BCUT2D eigenvalue weighted by molar-refractivity contribution is -0.137. The molecule has 1 aromatic heterocycles. The van der Waals surface area contributed by atoms with Gasteiger partial charge in [-0.05, 0) is 54.8 Å². The molecule has 0 radical (unpaired) electrons. The number of carbonyl (C=O) groups excluding carboxylic acids is 1. The number of alkyl halides is 3. The van der Waals surface area contributed by atoms with Crippen molar-refractivity contribution in [2.45, 2.75) is 38.9 Å². The number of anilines is 1. The number of aryl methyl sites for hydroxylation is 1. The van der Waals surface area contributed by atoms with Crippen LogP contribution in [0.3, 0.4) is 0 Å². The van der Waals surface area contributed by atoms with E-state index in [0.717, 1.165) is 42.9 Å². The molecule has 0 spiro atoms. The summed E-state index contributed by atoms with van der Waals surface area (Å²) in [5.74, 6) is -3.09. The van der Waals surface area contributed by atoms with Gasteiger partial charge >= 0.3 is 12.3 Å². The zero-order valence-corrected chi connectivity index (χ0v) is 20.6. The Bertz CT molecular complexity index is 1380. The van der Waals surface area contributed by atoms with E-state index < -0.39 is 57.1 Å². The van der Waals surface area contributed by atoms with Crippen LogP contribution in [0.2, 0.25) is 0 Å². The minimum absolute atomic E-state index is 0.00340. The highest BCUT2D eigenvalue weighted by Gasteiger charge is 2.31. The van der Waals surface area contributed by atoms with Gasteiger partial charge in [-0.2, -0.15) is 18.2 Å². The summed E-state index contributed by atoms with van der Waals surface area (Å²) in [6.45, 7) is 3.21. The molecule has 200 valence electrons. The van der Waals surface area contributed by atoms with Crippen LogP contribution in [-0.2, 0) is 22.6 Å². The first-order chi connectivity index (χ1) is 17.2. The first kappa shape index (κ1) is 27.9. The first-order valence-corrected chi connectivity index (χ1v) is 12.7. The van der Waals surface area contributed by atoms with Crippen molar-refractivity contribution in [2.75, 3.05) is 11.0 Å². The van der Waals surface area contributed by atoms with Crippen molar-refractivity contribution < 1.29 is 44.3 Å². The number of ether oxygens (including phenoxy) is 1. The minimum atomic E-state index is -4.53. The number of nitrogens with zero attached hydrogens (tertiary/aromatic N) is 1. The molecule has 0 unspecified atom stereocenters. The summed E-state index contributed by atoms with van der Waals surface area (Å²) in [5, 5.41) is 2.45. The van der Waals surface area contributed by atoms with Gasteiger partial charge in [0.05, 0.1) is 17.9 Å². The zero-order valence-electron chi connectivity index (χ0n) is 19.7. The zero-order chi connectivity index (χ0) is 27.5. The highest BCUT2D eigenvalue weighted by molar-refractivity contribution is 7.92. The normalized spacial score (nSPS) is 12.8. The molecule has 1 heterocycles. The van der Waals surface area contributed by atoms with E-state index in [1.54, 1.807) is 11.6 Å². The van der Waals surface area contributed by atoms with E-state index >= 15 is 0 Å². The summed E-state index contributed by atoms with van der Waals surface area (Å²) in [6.07, 6.45) is -2.41. The van der Waals surface area contributed by atoms with Gasteiger partial charge in [0.15, 0.2) is 17.3 Å². The Hall–Kier alpha value is -3.68. The maximum Gasteiger partial charge on any atom is 0.416 e. The van der Waals surface area contributed by atoms with Gasteiger partial charge in [-0.15, -0.1) is 0 Å². The van der Waals surface area contributed by atoms with Gasteiger partial charge in [0.1, 0.15) is 17.7 Å². The predicted molar refractivity (Wildman–Crippen MR) is 123 cm³/mol. The van der Waals surface area contributed by atoms with E-state index in [1.165, 1.54) is 6.92 Å². The molecule has 3 aromatic rings. The summed E-state index contributed by atoms with van der Waals surface area (Å²) in [6, 6.07) is 3.73. The second-order valence-electron chi connectivity index (χ2n) is 8.10. The standard InChI is InChI=1S/C23H22F5N3O5S/c1-4-5-13-8-15(23(26,27)28)6-7-19(13)36-22-30-18(11-35-22)21(32)29-12(2)14-9-16(24)20(17(25)10-14)31-37(3,33)34/h6-12,31H,4-5H2,1-3H3,(H,29,32)/t12-/m1/s1. The maximum atomic E-state index is 14.3. The Kier molecular flexibility index (Phi) is 8.10. The molecule has 0 aliphatic carbocycles. The van der Waals surface area contributed by atoms with Crippen LogP contribution in [-0.4, -0.2) is 25.6 Å². The summed E-state index contributed by atoms with van der Waals surface area (Å²) in [5.41, 5.74) is -1.68. The lowest BCUT2D eigenvalue weighted by atomic mass is 10.1. The van der Waals surface area contributed by atoms with Gasteiger partial charge in [-0.25, -0.2) is 17.2 Å². The van der Waals surface area contributed by atoms with Crippen molar-refractivity contribution in [3.63, 3.8) is 0 Å². The number of nitrogens with one attached hydrogen (secondary N) is 2. The van der Waals surface area contributed by atoms with E-state index in [1.807, 2.05) is 0 Å². The summed E-state index contributed by atoms with van der Waals surface area (Å²) in [7, 11) is -3.93. The van der Waals surface area contributed by atoms with Crippen LogP contribution in [0.5, 0.6) is 11.8 Å². The number of amides is 1. The number of oxazole rings is 1. The monoisotopic (exact) mass is 547 g/mol. The van der Waals surface area contributed by atoms with Crippen molar-refractivity contribution in [3.8, 4) is 11.8 Å². The summed E-state index contributed by atoms with van der Waals surface area (Å²) in [4.78, 5) is 16.4. The number of sulfonamides is 1. The second kappa shape index (κ2) is 10.7. The Morgan fingerprint density at radius 2 is 1.81 bits per heavy atom. The van der Waals surface area contributed by atoms with Crippen LogP contribution in [0.25, 0.3) is 0 Å². The molecule has 1 atom stereocenters. The number of aromatic nitrogens is 1. The fourth-order valence-electron chi connectivity index (χ4n) is 3.30. The van der Waals surface area contributed by atoms with Gasteiger partial charge in [-0.1, -0.05) is 13.3 Å². The molecule has 8 nitrogen and oxygen atoms in total. The Morgan fingerprint density at radius 3 is 2.38 bits per heavy atom. The molecule has 2 aromatic carbocycles. The van der Waals surface area contributed by atoms with Crippen molar-refractivity contribution in [2.24, 2.45) is 0 Å². The molecule has 1 amide bonds. The molecule has 0 saturated heterocycles. The summed E-state index contributed by atoms with van der Waals surface area (Å²) >= 11 is 0. The topological polar surface area (TPSA) is 111 Å². The third kappa shape index (κ3) is 7.18. The van der Waals surface area contributed by atoms with E-state index in [9.17, 15) is 35.2 Å². The van der Waals surface area contributed by atoms with E-state index in [4.69, 9.17) is 9.15 Å². The lowest BCUT2D eigenvalue weighted by Crippen LogP contribution is -2.27. The van der Waals surface area contributed by atoms with E-state index in [0.29, 0.717) is 6.42 Å². The average Bonchev–Trinajstić information content (AvgIpc) is 3.25. The van der Waals surface area contributed by atoms with Crippen molar-refractivity contribution in [1.29, 1.82) is 0 Å². The number of hydrogen-bond donors (Lipinski definition) is 2. The van der Waals surface area contributed by atoms with Gasteiger partial charge in [0.2, 0.25) is 10.0 Å². The van der Waals surface area contributed by atoms with Crippen molar-refractivity contribution >= 4 is 21.6 Å². The number of hydrogen-bond acceptors (Lipinski definition) is 6. The largest absolute Gasteiger partial charge is 0.416 e. The Balaban J connectivity index is 1.74. The molecule has 0 saturated carbocycles. The Labute approximate surface area is 208 Å². The van der Waals surface area contributed by atoms with Gasteiger partial charge < -0.3 is 14.5 Å². The third-order valence-corrected chi connectivity index (χ3v) is 5.59. The molecular formula is C23H22F5N3O5S. The lowest BCUT2D eigenvalue weighted by Gasteiger charge is -2.15. The van der Waals surface area contributed by atoms with Crippen LogP contribution in [0.1, 0.15) is 53.5 Å². The predicted octanol–water partition coefficient (Wildman–Crippen LogP) is 5.58. The molecule has 0 aliphatic rings. The smallest absolute Gasteiger partial charge is 0.416 e. The molecule has 0 aliphatic heterocycles. The van der Waals surface area contributed by atoms with Gasteiger partial charge in [0, 0.05) is 0 Å². The molecule has 0 bridgehead atoms. The van der Waals surface area contributed by atoms with Crippen LogP contribution < -0.4 is 14.8 Å². The second-order valence-corrected chi connectivity index (χ2v) is 9.85. The van der Waals surface area contributed by atoms with E-state index in [2.05, 4.69) is 10.3 Å². The maximum absolute atomic E-state index is 14.3. The Morgan fingerprint density at radius 1 is 1.16 bits per heavy atom. The van der Waals surface area contributed by atoms with Crippen LogP contribution in [0.15, 0.2) is 41.0 Å². The fourth-order valence-corrected chi connectivity index (χ4v) is 3.87. The van der Waals surface area contributed by atoms with Crippen molar-refractivity contribution in [1.82, 2.24) is 10.3 Å². The first-order valence-electron chi connectivity index (χ1n) is 10.8. The number of halogens is 5. The van der Waals surface area contributed by atoms with E-state index in [-0.39, 0.29) is 29.0 Å². The molecule has 2 N–H and O–H groups in total. The van der Waals surface area contributed by atoms with Crippen molar-refractivity contribution in [3.05, 3.63) is 70.6 Å². The highest BCUT2D eigenvalue weighted by atomic mass is 32.2. The molecule has 37 heavy (non-hydrogen) atoms. The highest BCUT2D eigenvalue weighted by Crippen LogP contribution is 2.34. The third-order valence-electron chi connectivity index (χ3n) is 5.02. The average molecular weight is 548 g/mol. The minimum Gasteiger partial charge on any atom is -0.416 e. The molecule has 0 fully saturated rings. The molecular weight excluding hydrogens is 525 g/mol. The quantitative estimate of drug-likeness (QED) is 0.339. The summed E-state index contributed by atoms with van der Waals surface area (Å²) < 4.78 is 102. The molecule has 3 rings (SSSR count). The SMILES string of the molecule is CCCc1cc(C(F)(F)F)ccc1Oc1nc(C(=O)N[C@H](C)c2cc(F)c(NS(C)(=O)=O)c(F)c2)co1. The fraction of sp³-hybridized carbons (Fsp3) is 0.304. The number of rotatable bonds is 9. The number of benzene rings is 2. The molecule has 14 heteroatoms. The van der Waals surface area contributed by atoms with Crippen LogP contribution in [0, 0.1) is 11.6 Å². The van der Waals surface area contributed by atoms with Crippen LogP contribution in [0.4, 0.5) is 27.6 Å². The van der Waals surface area contributed by atoms with Gasteiger partial charge in [0.25, 0.3) is 5.91 Å². The number of carbonyl (C=O) groups is 1.